The van der Waals surface area contributed by atoms with Gasteiger partial charge >= 0.3 is 0 Å². The standard InChI is InChI=1S/C14H27N5/c1-12(2)9-19-14(16-11-17-19)10-18-8-4-6-13(18)5-3-7-15/h11-13H,3-10,15H2,1-2H3. The predicted molar refractivity (Wildman–Crippen MR) is 76.6 cm³/mol. The minimum Gasteiger partial charge on any atom is -0.330 e. The number of rotatable bonds is 7. The molecule has 1 aromatic heterocycles. The summed E-state index contributed by atoms with van der Waals surface area (Å²) in [7, 11) is 0. The quantitative estimate of drug-likeness (QED) is 0.814. The largest absolute Gasteiger partial charge is 0.330 e. The molecule has 2 rings (SSSR count). The van der Waals surface area contributed by atoms with Crippen LogP contribution in [0.2, 0.25) is 0 Å². The molecule has 0 bridgehead atoms. The van der Waals surface area contributed by atoms with E-state index in [9.17, 15) is 0 Å². The lowest BCUT2D eigenvalue weighted by Gasteiger charge is -2.24. The van der Waals surface area contributed by atoms with Crippen molar-refractivity contribution in [2.75, 3.05) is 13.1 Å². The Bertz CT molecular complexity index is 374. The molecular weight excluding hydrogens is 238 g/mol. The lowest BCUT2D eigenvalue weighted by atomic mass is 10.1. The molecule has 1 aliphatic rings. The van der Waals surface area contributed by atoms with Crippen LogP contribution in [0.25, 0.3) is 0 Å². The molecule has 0 amide bonds. The number of likely N-dealkylation sites (tertiary alicyclic amines) is 1. The molecule has 1 aliphatic heterocycles. The van der Waals surface area contributed by atoms with Gasteiger partial charge < -0.3 is 5.73 Å². The van der Waals surface area contributed by atoms with Crippen LogP contribution in [-0.2, 0) is 13.1 Å². The van der Waals surface area contributed by atoms with Gasteiger partial charge in [0.1, 0.15) is 12.2 Å². The molecule has 1 fully saturated rings. The summed E-state index contributed by atoms with van der Waals surface area (Å²) in [6.07, 6.45) is 6.63. The van der Waals surface area contributed by atoms with Gasteiger partial charge in [-0.05, 0) is 44.7 Å². The molecular formula is C14H27N5. The first-order valence-electron chi connectivity index (χ1n) is 7.51. The Morgan fingerprint density at radius 2 is 2.32 bits per heavy atom. The third kappa shape index (κ3) is 4.01. The van der Waals surface area contributed by atoms with Gasteiger partial charge in [0.15, 0.2) is 0 Å². The number of hydrogen-bond acceptors (Lipinski definition) is 4. The van der Waals surface area contributed by atoms with E-state index in [1.807, 2.05) is 0 Å². The first-order chi connectivity index (χ1) is 9.20. The molecule has 1 saturated heterocycles. The van der Waals surface area contributed by atoms with E-state index < -0.39 is 0 Å². The molecule has 0 spiro atoms. The van der Waals surface area contributed by atoms with E-state index in [4.69, 9.17) is 5.73 Å². The van der Waals surface area contributed by atoms with Crippen molar-refractivity contribution < 1.29 is 0 Å². The highest BCUT2D eigenvalue weighted by Gasteiger charge is 2.25. The van der Waals surface area contributed by atoms with Crippen molar-refractivity contribution >= 4 is 0 Å². The molecule has 2 N–H and O–H groups in total. The Hall–Kier alpha value is -0.940. The zero-order valence-electron chi connectivity index (χ0n) is 12.3. The predicted octanol–water partition coefficient (Wildman–Crippen LogP) is 1.64. The van der Waals surface area contributed by atoms with Crippen molar-refractivity contribution in [2.45, 2.75) is 58.7 Å². The minimum atomic E-state index is 0.604. The zero-order valence-corrected chi connectivity index (χ0v) is 12.3. The van der Waals surface area contributed by atoms with E-state index in [1.165, 1.54) is 25.8 Å². The average Bonchev–Trinajstić information content (AvgIpc) is 2.97. The monoisotopic (exact) mass is 265 g/mol. The van der Waals surface area contributed by atoms with E-state index >= 15 is 0 Å². The Morgan fingerprint density at radius 1 is 1.47 bits per heavy atom. The fourth-order valence-electron chi connectivity index (χ4n) is 2.87. The van der Waals surface area contributed by atoms with E-state index in [1.54, 1.807) is 6.33 Å². The Labute approximate surface area is 116 Å². The van der Waals surface area contributed by atoms with Gasteiger partial charge in [-0.25, -0.2) is 9.67 Å². The van der Waals surface area contributed by atoms with Gasteiger partial charge in [0.05, 0.1) is 6.54 Å². The normalized spacial score (nSPS) is 20.5. The summed E-state index contributed by atoms with van der Waals surface area (Å²) in [5.74, 6) is 1.71. The summed E-state index contributed by atoms with van der Waals surface area (Å²) in [5.41, 5.74) is 5.62. The van der Waals surface area contributed by atoms with Gasteiger partial charge in [0.2, 0.25) is 0 Å². The topological polar surface area (TPSA) is 60.0 Å². The van der Waals surface area contributed by atoms with Gasteiger partial charge in [-0.3, -0.25) is 4.90 Å². The summed E-state index contributed by atoms with van der Waals surface area (Å²) in [6.45, 7) is 8.30. The summed E-state index contributed by atoms with van der Waals surface area (Å²) < 4.78 is 2.06. The van der Waals surface area contributed by atoms with Gasteiger partial charge in [-0.1, -0.05) is 13.8 Å². The van der Waals surface area contributed by atoms with E-state index in [2.05, 4.69) is 33.5 Å². The first kappa shape index (κ1) is 14.5. The van der Waals surface area contributed by atoms with Gasteiger partial charge in [-0.15, -0.1) is 0 Å². The summed E-state index contributed by atoms with van der Waals surface area (Å²) in [6, 6.07) is 0.688. The molecule has 19 heavy (non-hydrogen) atoms. The minimum absolute atomic E-state index is 0.604. The van der Waals surface area contributed by atoms with Crippen LogP contribution in [0.3, 0.4) is 0 Å². The van der Waals surface area contributed by atoms with Crippen LogP contribution in [0.4, 0.5) is 0 Å². The maximum Gasteiger partial charge on any atom is 0.141 e. The average molecular weight is 265 g/mol. The van der Waals surface area contributed by atoms with Gasteiger partial charge in [-0.2, -0.15) is 5.10 Å². The molecule has 0 aromatic carbocycles. The van der Waals surface area contributed by atoms with E-state index in [0.29, 0.717) is 12.0 Å². The first-order valence-corrected chi connectivity index (χ1v) is 7.51. The van der Waals surface area contributed by atoms with Crippen molar-refractivity contribution in [3.8, 4) is 0 Å². The lowest BCUT2D eigenvalue weighted by Crippen LogP contribution is -2.31. The van der Waals surface area contributed by atoms with E-state index in [0.717, 1.165) is 31.9 Å². The fraction of sp³-hybridized carbons (Fsp3) is 0.857. The van der Waals surface area contributed by atoms with Crippen LogP contribution >= 0.6 is 0 Å². The van der Waals surface area contributed by atoms with Gasteiger partial charge in [0.25, 0.3) is 0 Å². The summed E-state index contributed by atoms with van der Waals surface area (Å²) in [4.78, 5) is 6.99. The molecule has 1 unspecified atom stereocenters. The smallest absolute Gasteiger partial charge is 0.141 e. The number of hydrogen-bond donors (Lipinski definition) is 1. The van der Waals surface area contributed by atoms with Crippen LogP contribution in [0.15, 0.2) is 6.33 Å². The molecule has 2 heterocycles. The van der Waals surface area contributed by atoms with Crippen LogP contribution in [0, 0.1) is 5.92 Å². The molecule has 0 radical (unpaired) electrons. The van der Waals surface area contributed by atoms with Crippen LogP contribution < -0.4 is 5.73 Å². The highest BCUT2D eigenvalue weighted by atomic mass is 15.4. The maximum atomic E-state index is 5.62. The zero-order chi connectivity index (χ0) is 13.7. The van der Waals surface area contributed by atoms with Crippen molar-refractivity contribution in [3.63, 3.8) is 0 Å². The summed E-state index contributed by atoms with van der Waals surface area (Å²) >= 11 is 0. The van der Waals surface area contributed by atoms with Crippen molar-refractivity contribution in [1.82, 2.24) is 19.7 Å². The van der Waals surface area contributed by atoms with E-state index in [-0.39, 0.29) is 0 Å². The highest BCUT2D eigenvalue weighted by Crippen LogP contribution is 2.22. The third-order valence-electron chi connectivity index (χ3n) is 3.82. The number of nitrogens with two attached hydrogens (primary N) is 1. The van der Waals surface area contributed by atoms with Crippen molar-refractivity contribution in [1.29, 1.82) is 0 Å². The van der Waals surface area contributed by atoms with Crippen LogP contribution in [-0.4, -0.2) is 38.8 Å². The molecule has 5 nitrogen and oxygen atoms in total. The van der Waals surface area contributed by atoms with Crippen molar-refractivity contribution in [3.05, 3.63) is 12.2 Å². The lowest BCUT2D eigenvalue weighted by molar-refractivity contribution is 0.221. The fourth-order valence-corrected chi connectivity index (χ4v) is 2.87. The number of nitrogens with zero attached hydrogens (tertiary/aromatic N) is 4. The molecule has 0 saturated carbocycles. The Kier molecular flexibility index (Phi) is 5.34. The number of aromatic nitrogens is 3. The molecule has 0 aliphatic carbocycles. The second kappa shape index (κ2) is 7.01. The van der Waals surface area contributed by atoms with Gasteiger partial charge in [0, 0.05) is 12.6 Å². The second-order valence-corrected chi connectivity index (χ2v) is 5.95. The van der Waals surface area contributed by atoms with Crippen LogP contribution in [0.1, 0.15) is 45.4 Å². The Balaban J connectivity index is 1.94. The second-order valence-electron chi connectivity index (χ2n) is 5.95. The molecule has 1 atom stereocenters. The van der Waals surface area contributed by atoms with Crippen molar-refractivity contribution in [2.24, 2.45) is 11.7 Å². The maximum absolute atomic E-state index is 5.62. The molecule has 5 heteroatoms. The highest BCUT2D eigenvalue weighted by molar-refractivity contribution is 4.89. The SMILES string of the molecule is CC(C)Cn1ncnc1CN1CCCC1CCCN. The van der Waals surface area contributed by atoms with Crippen LogP contribution in [0.5, 0.6) is 0 Å². The third-order valence-corrected chi connectivity index (χ3v) is 3.82. The molecule has 108 valence electrons. The Morgan fingerprint density at radius 3 is 3.05 bits per heavy atom. The molecule has 1 aromatic rings. The summed E-state index contributed by atoms with van der Waals surface area (Å²) in [5, 5.41) is 4.34.